The van der Waals surface area contributed by atoms with Crippen molar-refractivity contribution in [2.24, 2.45) is 11.7 Å². The maximum Gasteiger partial charge on any atom is 0.255 e. The first kappa shape index (κ1) is 25.7. The minimum absolute atomic E-state index is 0.0981. The molecule has 0 saturated heterocycles. The molecule has 0 atom stereocenters. The van der Waals surface area contributed by atoms with Crippen molar-refractivity contribution in [1.29, 1.82) is 0 Å². The number of fused-ring (bicyclic) bond motifs is 3. The molecule has 5 N–H and O–H groups in total. The van der Waals surface area contributed by atoms with Crippen LogP contribution in [0.15, 0.2) is 72.8 Å². The number of carbonyl (C=O) groups excluding carboxylic acids is 3. The number of hydrogen-bond donors (Lipinski definition) is 4. The lowest BCUT2D eigenvalue weighted by Gasteiger charge is -2.15. The summed E-state index contributed by atoms with van der Waals surface area (Å²) >= 11 is 0. The fourth-order valence-electron chi connectivity index (χ4n) is 4.67. The highest BCUT2D eigenvalue weighted by molar-refractivity contribution is 6.20. The molecule has 1 heterocycles. The summed E-state index contributed by atoms with van der Waals surface area (Å²) in [7, 11) is 0. The van der Waals surface area contributed by atoms with Gasteiger partial charge in [-0.1, -0.05) is 38.1 Å². The number of hydrogen-bond acceptors (Lipinski definition) is 3. The summed E-state index contributed by atoms with van der Waals surface area (Å²) in [5, 5.41) is 7.47. The fourth-order valence-corrected chi connectivity index (χ4v) is 4.67. The number of H-pyrrole nitrogens is 1. The molecule has 3 amide bonds. The highest BCUT2D eigenvalue weighted by Gasteiger charge is 2.19. The van der Waals surface area contributed by atoms with Gasteiger partial charge in [-0.25, -0.2) is 4.39 Å². The largest absolute Gasteiger partial charge is 0.366 e. The van der Waals surface area contributed by atoms with E-state index in [0.29, 0.717) is 28.0 Å². The van der Waals surface area contributed by atoms with Crippen LogP contribution in [0.25, 0.3) is 32.9 Å². The van der Waals surface area contributed by atoms with E-state index < -0.39 is 11.7 Å². The minimum atomic E-state index is -0.566. The molecule has 5 rings (SSSR count). The Morgan fingerprint density at radius 3 is 2.33 bits per heavy atom. The number of nitrogens with one attached hydrogen (secondary N) is 3. The second kappa shape index (κ2) is 10.1. The van der Waals surface area contributed by atoms with Crippen LogP contribution in [0.4, 0.5) is 15.8 Å². The fraction of sp³-hybridized carbons (Fsp3) is 0.129. The van der Waals surface area contributed by atoms with Crippen molar-refractivity contribution < 1.29 is 18.8 Å². The van der Waals surface area contributed by atoms with Gasteiger partial charge in [0.15, 0.2) is 0 Å². The molecule has 196 valence electrons. The average Bonchev–Trinajstić information content (AvgIpc) is 3.28. The smallest absolute Gasteiger partial charge is 0.255 e. The van der Waals surface area contributed by atoms with Crippen LogP contribution in [0, 0.1) is 18.7 Å². The Hall–Kier alpha value is -4.98. The molecule has 5 aromatic rings. The molecular formula is C31H27FN4O3. The summed E-state index contributed by atoms with van der Waals surface area (Å²) in [6, 6.07) is 20.0. The van der Waals surface area contributed by atoms with Crippen molar-refractivity contribution in [3.05, 3.63) is 95.3 Å². The van der Waals surface area contributed by atoms with Gasteiger partial charge in [0.1, 0.15) is 5.82 Å². The minimum Gasteiger partial charge on any atom is -0.366 e. The number of nitrogens with two attached hydrogens (primary N) is 1. The van der Waals surface area contributed by atoms with Crippen LogP contribution >= 0.6 is 0 Å². The van der Waals surface area contributed by atoms with Crippen molar-refractivity contribution >= 4 is 50.9 Å². The van der Waals surface area contributed by atoms with Crippen molar-refractivity contribution in [3.63, 3.8) is 0 Å². The van der Waals surface area contributed by atoms with E-state index in [-0.39, 0.29) is 17.7 Å². The average molecular weight is 523 g/mol. The van der Waals surface area contributed by atoms with Gasteiger partial charge in [-0.15, -0.1) is 0 Å². The number of benzene rings is 4. The molecule has 0 fully saturated rings. The van der Waals surface area contributed by atoms with E-state index in [2.05, 4.69) is 15.6 Å². The van der Waals surface area contributed by atoms with Gasteiger partial charge in [-0.3, -0.25) is 14.4 Å². The van der Waals surface area contributed by atoms with Crippen LogP contribution in [-0.4, -0.2) is 22.7 Å². The quantitative estimate of drug-likeness (QED) is 0.207. The lowest BCUT2D eigenvalue weighted by molar-refractivity contribution is -0.118. The highest BCUT2D eigenvalue weighted by atomic mass is 19.1. The standard InChI is InChI=1S/C31H27FN4O3/c1-16(2)30(38)34-20-11-12-23-26(15-20)35-28-24(29(33)37)14-13-22(27(23)28)21-5-4-6-25(17(21)3)36-31(39)18-7-9-19(32)10-8-18/h4-16,35H,1-3H3,(H2,33,37)(H,34,38)(H,36,39). The predicted octanol–water partition coefficient (Wildman–Crippen LogP) is 6.38. The van der Waals surface area contributed by atoms with Gasteiger partial charge in [-0.2, -0.15) is 0 Å². The molecule has 0 saturated carbocycles. The normalized spacial score (nSPS) is 11.2. The summed E-state index contributed by atoms with van der Waals surface area (Å²) in [5.41, 5.74) is 11.5. The Kier molecular flexibility index (Phi) is 6.62. The van der Waals surface area contributed by atoms with Gasteiger partial charge >= 0.3 is 0 Å². The SMILES string of the molecule is Cc1c(NC(=O)c2ccc(F)cc2)cccc1-c1ccc(C(N)=O)c2[nH]c3cc(NC(=O)C(C)C)ccc3c12. The van der Waals surface area contributed by atoms with Crippen LogP contribution in [0.1, 0.15) is 40.1 Å². The van der Waals surface area contributed by atoms with Gasteiger partial charge in [0.2, 0.25) is 5.91 Å². The molecular weight excluding hydrogens is 495 g/mol. The summed E-state index contributed by atoms with van der Waals surface area (Å²) in [6.07, 6.45) is 0. The third kappa shape index (κ3) is 4.84. The van der Waals surface area contributed by atoms with Gasteiger partial charge in [0.25, 0.3) is 11.8 Å². The van der Waals surface area contributed by atoms with Crippen LogP contribution < -0.4 is 16.4 Å². The number of anilines is 2. The summed E-state index contributed by atoms with van der Waals surface area (Å²) in [5.74, 6) is -1.60. The molecule has 0 bridgehead atoms. The van der Waals surface area contributed by atoms with Gasteiger partial charge < -0.3 is 21.4 Å². The number of primary amides is 1. The second-order valence-corrected chi connectivity index (χ2v) is 9.74. The zero-order valence-electron chi connectivity index (χ0n) is 21.7. The lowest BCUT2D eigenvalue weighted by Crippen LogP contribution is -2.17. The van der Waals surface area contributed by atoms with E-state index in [9.17, 15) is 18.8 Å². The van der Waals surface area contributed by atoms with Crippen molar-refractivity contribution in [3.8, 4) is 11.1 Å². The summed E-state index contributed by atoms with van der Waals surface area (Å²) in [4.78, 5) is 40.7. The third-order valence-electron chi connectivity index (χ3n) is 6.79. The van der Waals surface area contributed by atoms with Crippen LogP contribution in [0.3, 0.4) is 0 Å². The van der Waals surface area contributed by atoms with Crippen molar-refractivity contribution in [1.82, 2.24) is 4.98 Å². The van der Waals surface area contributed by atoms with Crippen molar-refractivity contribution in [2.75, 3.05) is 10.6 Å². The van der Waals surface area contributed by atoms with E-state index in [4.69, 9.17) is 5.73 Å². The van der Waals surface area contributed by atoms with Crippen LogP contribution in [0.5, 0.6) is 0 Å². The first-order valence-corrected chi connectivity index (χ1v) is 12.5. The third-order valence-corrected chi connectivity index (χ3v) is 6.79. The molecule has 0 radical (unpaired) electrons. The number of aromatic nitrogens is 1. The molecule has 0 aliphatic carbocycles. The highest BCUT2D eigenvalue weighted by Crippen LogP contribution is 2.39. The second-order valence-electron chi connectivity index (χ2n) is 9.74. The van der Waals surface area contributed by atoms with Crippen LogP contribution in [-0.2, 0) is 4.79 Å². The first-order valence-electron chi connectivity index (χ1n) is 12.5. The van der Waals surface area contributed by atoms with E-state index in [1.54, 1.807) is 12.1 Å². The molecule has 0 unspecified atom stereocenters. The number of carbonyl (C=O) groups is 3. The van der Waals surface area contributed by atoms with E-state index in [1.807, 2.05) is 57.2 Å². The number of halogens is 1. The lowest BCUT2D eigenvalue weighted by atomic mass is 9.93. The predicted molar refractivity (Wildman–Crippen MR) is 152 cm³/mol. The Bertz CT molecular complexity index is 1770. The molecule has 4 aromatic carbocycles. The Balaban J connectivity index is 1.63. The Labute approximate surface area is 224 Å². The van der Waals surface area contributed by atoms with Gasteiger partial charge in [0.05, 0.1) is 11.1 Å². The molecule has 8 heteroatoms. The topological polar surface area (TPSA) is 117 Å². The summed E-state index contributed by atoms with van der Waals surface area (Å²) in [6.45, 7) is 5.54. The molecule has 1 aromatic heterocycles. The maximum atomic E-state index is 13.3. The molecule has 39 heavy (non-hydrogen) atoms. The van der Waals surface area contributed by atoms with Crippen molar-refractivity contribution in [2.45, 2.75) is 20.8 Å². The van der Waals surface area contributed by atoms with Crippen LogP contribution in [0.2, 0.25) is 0 Å². The van der Waals surface area contributed by atoms with Gasteiger partial charge in [0, 0.05) is 39.1 Å². The summed E-state index contributed by atoms with van der Waals surface area (Å²) < 4.78 is 13.3. The number of rotatable bonds is 6. The van der Waals surface area contributed by atoms with E-state index in [1.165, 1.54) is 24.3 Å². The Morgan fingerprint density at radius 1 is 0.897 bits per heavy atom. The number of amides is 3. The first-order chi connectivity index (χ1) is 18.6. The zero-order valence-corrected chi connectivity index (χ0v) is 21.7. The van der Waals surface area contributed by atoms with E-state index >= 15 is 0 Å². The molecule has 0 aliphatic rings. The number of aromatic amines is 1. The van der Waals surface area contributed by atoms with E-state index in [0.717, 1.165) is 33.0 Å². The molecule has 0 aliphatic heterocycles. The molecule has 0 spiro atoms. The van der Waals surface area contributed by atoms with Gasteiger partial charge in [-0.05, 0) is 72.1 Å². The molecule has 7 nitrogen and oxygen atoms in total. The zero-order chi connectivity index (χ0) is 27.8. The monoisotopic (exact) mass is 522 g/mol. The maximum absolute atomic E-state index is 13.3. The Morgan fingerprint density at radius 2 is 1.64 bits per heavy atom.